The molecule has 0 amide bonds. The Morgan fingerprint density at radius 2 is 0.938 bits per heavy atom. The Morgan fingerprint density at radius 3 is 1.06 bits per heavy atom. The number of hydrogen-bond acceptors (Lipinski definition) is 4. The quantitative estimate of drug-likeness (QED) is 0.402. The molecule has 0 atom stereocenters. The fourth-order valence-corrected chi connectivity index (χ4v) is 1.74. The third-order valence-corrected chi connectivity index (χ3v) is 3.16. The predicted octanol–water partition coefficient (Wildman–Crippen LogP) is -5.59. The SMILES string of the molecule is O=S(=O)(O)c1ccc(S(=O)(=O)O)cc1.[H-].[H-].[Li+].[Li+]. The van der Waals surface area contributed by atoms with Crippen molar-refractivity contribution in [1.29, 1.82) is 0 Å². The number of benzene rings is 1. The van der Waals surface area contributed by atoms with Gasteiger partial charge in [0.25, 0.3) is 20.2 Å². The van der Waals surface area contributed by atoms with Gasteiger partial charge >= 0.3 is 37.7 Å². The zero-order valence-electron chi connectivity index (χ0n) is 10.7. The second-order valence-corrected chi connectivity index (χ2v) is 5.26. The van der Waals surface area contributed by atoms with Crippen molar-refractivity contribution in [3.05, 3.63) is 24.3 Å². The van der Waals surface area contributed by atoms with Gasteiger partial charge in [0, 0.05) is 0 Å². The summed E-state index contributed by atoms with van der Waals surface area (Å²) in [6, 6.07) is 3.49. The van der Waals surface area contributed by atoms with E-state index in [0.717, 1.165) is 24.3 Å². The smallest absolute Gasteiger partial charge is 1.00 e. The van der Waals surface area contributed by atoms with Gasteiger partial charge in [0.15, 0.2) is 0 Å². The molecule has 2 N–H and O–H groups in total. The molecule has 0 radical (unpaired) electrons. The predicted molar refractivity (Wildman–Crippen MR) is 48.3 cm³/mol. The summed E-state index contributed by atoms with van der Waals surface area (Å²) in [4.78, 5) is -0.880. The van der Waals surface area contributed by atoms with Gasteiger partial charge in [-0.25, -0.2) is 0 Å². The fourth-order valence-electron chi connectivity index (χ4n) is 0.784. The minimum atomic E-state index is -4.34. The maximum Gasteiger partial charge on any atom is 1.00 e. The zero-order chi connectivity index (χ0) is 11.0. The number of rotatable bonds is 2. The minimum Gasteiger partial charge on any atom is -1.00 e. The summed E-state index contributed by atoms with van der Waals surface area (Å²) in [5.41, 5.74) is 0. The van der Waals surface area contributed by atoms with Crippen LogP contribution in [-0.4, -0.2) is 25.9 Å². The Kier molecular flexibility index (Phi) is 7.26. The molecule has 0 heterocycles. The third-order valence-electron chi connectivity index (χ3n) is 1.42. The molecule has 1 rings (SSSR count). The summed E-state index contributed by atoms with van der Waals surface area (Å²) in [6.07, 6.45) is 0. The largest absolute Gasteiger partial charge is 1.00 e. The summed E-state index contributed by atoms with van der Waals surface area (Å²) in [5.74, 6) is 0. The molecule has 0 saturated carbocycles. The van der Waals surface area contributed by atoms with Crippen LogP contribution in [0, 0.1) is 0 Å². The second kappa shape index (κ2) is 6.24. The minimum absolute atomic E-state index is 0. The maximum atomic E-state index is 10.5. The van der Waals surface area contributed by atoms with Crippen LogP contribution in [0.3, 0.4) is 0 Å². The van der Waals surface area contributed by atoms with Crippen molar-refractivity contribution in [1.82, 2.24) is 0 Å². The molecule has 1 aromatic rings. The summed E-state index contributed by atoms with van der Waals surface area (Å²) in [7, 11) is -8.68. The third kappa shape index (κ3) is 5.04. The van der Waals surface area contributed by atoms with Crippen LogP contribution in [0.1, 0.15) is 2.85 Å². The van der Waals surface area contributed by atoms with Crippen LogP contribution < -0.4 is 37.7 Å². The van der Waals surface area contributed by atoms with Crippen LogP contribution in [0.25, 0.3) is 0 Å². The molecule has 0 spiro atoms. The first-order chi connectivity index (χ1) is 6.21. The first-order valence-corrected chi connectivity index (χ1v) is 6.14. The Labute approximate surface area is 120 Å². The topological polar surface area (TPSA) is 109 Å². The molecule has 82 valence electrons. The van der Waals surface area contributed by atoms with E-state index in [1.54, 1.807) is 0 Å². The Morgan fingerprint density at radius 1 is 0.750 bits per heavy atom. The van der Waals surface area contributed by atoms with E-state index in [9.17, 15) is 16.8 Å². The van der Waals surface area contributed by atoms with Gasteiger partial charge in [-0.2, -0.15) is 16.8 Å². The van der Waals surface area contributed by atoms with Crippen LogP contribution >= 0.6 is 0 Å². The first kappa shape index (κ1) is 18.6. The molecule has 0 saturated heterocycles. The van der Waals surface area contributed by atoms with Crippen LogP contribution in [0.2, 0.25) is 0 Å². The molecular formula is C6H8Li2O6S2. The van der Waals surface area contributed by atoms with Crippen molar-refractivity contribution in [2.75, 3.05) is 0 Å². The standard InChI is InChI=1S/C6H6O6S2.2Li.2H/c7-13(8,9)5-1-2-6(4-3-5)14(10,11)12;;;;/h1-4H,(H,7,8,9)(H,10,11,12);;;;/q;2*+1;2*-1. The van der Waals surface area contributed by atoms with E-state index in [0.29, 0.717) is 0 Å². The molecule has 0 bridgehead atoms. The van der Waals surface area contributed by atoms with Crippen LogP contribution in [0.4, 0.5) is 0 Å². The van der Waals surface area contributed by atoms with E-state index in [-0.39, 0.29) is 40.6 Å². The number of hydrogen-bond donors (Lipinski definition) is 2. The van der Waals surface area contributed by atoms with Gasteiger partial charge < -0.3 is 2.85 Å². The molecule has 1 aromatic carbocycles. The molecule has 0 unspecified atom stereocenters. The molecule has 0 fully saturated rings. The van der Waals surface area contributed by atoms with E-state index in [4.69, 9.17) is 9.11 Å². The van der Waals surface area contributed by atoms with Gasteiger partial charge in [0.1, 0.15) is 0 Å². The van der Waals surface area contributed by atoms with Crippen molar-refractivity contribution in [2.24, 2.45) is 0 Å². The normalized spacial score (nSPS) is 11.1. The summed E-state index contributed by atoms with van der Waals surface area (Å²) in [5, 5.41) is 0. The zero-order valence-corrected chi connectivity index (χ0v) is 10.3. The molecule has 0 aliphatic carbocycles. The molecule has 16 heavy (non-hydrogen) atoms. The summed E-state index contributed by atoms with van der Waals surface area (Å²) in [6.45, 7) is 0. The fraction of sp³-hybridized carbons (Fsp3) is 0. The van der Waals surface area contributed by atoms with E-state index in [2.05, 4.69) is 0 Å². The van der Waals surface area contributed by atoms with E-state index < -0.39 is 30.0 Å². The summed E-state index contributed by atoms with van der Waals surface area (Å²) >= 11 is 0. The monoisotopic (exact) mass is 254 g/mol. The van der Waals surface area contributed by atoms with Crippen LogP contribution in [-0.2, 0) is 20.2 Å². The Hall–Kier alpha value is 0.235. The average molecular weight is 254 g/mol. The van der Waals surface area contributed by atoms with E-state index >= 15 is 0 Å². The van der Waals surface area contributed by atoms with Crippen LogP contribution in [0.5, 0.6) is 0 Å². The second-order valence-electron chi connectivity index (χ2n) is 2.42. The molecule has 10 heteroatoms. The van der Waals surface area contributed by atoms with Gasteiger partial charge in [-0.1, -0.05) is 0 Å². The molecule has 0 aromatic heterocycles. The van der Waals surface area contributed by atoms with Gasteiger partial charge in [0.05, 0.1) is 9.79 Å². The van der Waals surface area contributed by atoms with Gasteiger partial charge in [-0.15, -0.1) is 0 Å². The van der Waals surface area contributed by atoms with Crippen molar-refractivity contribution in [3.63, 3.8) is 0 Å². The molecular weight excluding hydrogens is 246 g/mol. The van der Waals surface area contributed by atoms with E-state index in [1.807, 2.05) is 0 Å². The van der Waals surface area contributed by atoms with Gasteiger partial charge in [-0.3, -0.25) is 9.11 Å². The molecule has 0 aliphatic rings. The molecule has 6 nitrogen and oxygen atoms in total. The average Bonchev–Trinajstić information content (AvgIpc) is 2.01. The van der Waals surface area contributed by atoms with Crippen LogP contribution in [0.15, 0.2) is 34.1 Å². The van der Waals surface area contributed by atoms with Crippen molar-refractivity contribution in [3.8, 4) is 0 Å². The first-order valence-electron chi connectivity index (χ1n) is 3.26. The van der Waals surface area contributed by atoms with E-state index in [1.165, 1.54) is 0 Å². The Bertz CT molecular complexity index is 491. The van der Waals surface area contributed by atoms with Gasteiger partial charge in [-0.05, 0) is 24.3 Å². The Balaban J connectivity index is -0.000000245. The van der Waals surface area contributed by atoms with Crippen molar-refractivity contribution < 1.29 is 66.5 Å². The molecule has 0 aliphatic heterocycles. The maximum absolute atomic E-state index is 10.5. The summed E-state index contributed by atoms with van der Waals surface area (Å²) < 4.78 is 59.2. The van der Waals surface area contributed by atoms with Gasteiger partial charge in [0.2, 0.25) is 0 Å². The van der Waals surface area contributed by atoms with Crippen molar-refractivity contribution in [2.45, 2.75) is 9.79 Å². The van der Waals surface area contributed by atoms with Crippen molar-refractivity contribution >= 4 is 20.2 Å².